The van der Waals surface area contributed by atoms with Crippen molar-refractivity contribution >= 4 is 23.2 Å². The molecule has 0 aliphatic rings. The van der Waals surface area contributed by atoms with Crippen LogP contribution in [-0.4, -0.2) is 15.7 Å². The fourth-order valence-electron chi connectivity index (χ4n) is 1.44. The van der Waals surface area contributed by atoms with Gasteiger partial charge in [0.1, 0.15) is 5.03 Å². The minimum Gasteiger partial charge on any atom is -0.295 e. The number of nitrogens with zero attached hydrogens (tertiary/aromatic N) is 2. The summed E-state index contributed by atoms with van der Waals surface area (Å²) in [6, 6.07) is 9.56. The lowest BCUT2D eigenvalue weighted by molar-refractivity contribution is -0.384. The minimum absolute atomic E-state index is 0.0204. The number of non-ortho nitro benzene ring substituents is 1. The second-order valence-corrected chi connectivity index (χ2v) is 4.89. The number of pyridine rings is 1. The number of nitro groups is 1. The molecule has 0 atom stereocenters. The highest BCUT2D eigenvalue weighted by Crippen LogP contribution is 2.27. The number of carbonyl (C=O) groups is 1. The predicted octanol–water partition coefficient (Wildman–Crippen LogP) is 3.34. The van der Waals surface area contributed by atoms with Gasteiger partial charge in [0, 0.05) is 28.8 Å². The Bertz CT molecular complexity index is 626. The second-order valence-electron chi connectivity index (χ2n) is 3.79. The van der Waals surface area contributed by atoms with Crippen LogP contribution < -0.4 is 0 Å². The summed E-state index contributed by atoms with van der Waals surface area (Å²) < 4.78 is 0. The van der Waals surface area contributed by atoms with E-state index in [9.17, 15) is 14.9 Å². The van der Waals surface area contributed by atoms with Crippen LogP contribution in [-0.2, 0) is 0 Å². The van der Waals surface area contributed by atoms with Crippen molar-refractivity contribution < 1.29 is 9.72 Å². The Morgan fingerprint density at radius 2 is 1.95 bits per heavy atom. The minimum atomic E-state index is -0.441. The average Bonchev–Trinajstić information content (AvgIpc) is 2.39. The molecule has 1 heterocycles. The van der Waals surface area contributed by atoms with Crippen molar-refractivity contribution in [3.8, 4) is 0 Å². The highest BCUT2D eigenvalue weighted by molar-refractivity contribution is 7.99. The summed E-state index contributed by atoms with van der Waals surface area (Å²) in [6.45, 7) is 1.50. The molecule has 1 aromatic heterocycles. The number of benzene rings is 1. The molecule has 19 heavy (non-hydrogen) atoms. The Morgan fingerprint density at radius 1 is 1.26 bits per heavy atom. The maximum atomic E-state index is 11.3. The van der Waals surface area contributed by atoms with E-state index in [-0.39, 0.29) is 11.5 Å². The molecular formula is C13H10N2O3S. The molecule has 0 spiro atoms. The molecule has 0 fully saturated rings. The van der Waals surface area contributed by atoms with Crippen molar-refractivity contribution in [2.24, 2.45) is 0 Å². The van der Waals surface area contributed by atoms with Crippen LogP contribution in [0.2, 0.25) is 0 Å². The first-order valence-corrected chi connectivity index (χ1v) is 6.27. The maximum Gasteiger partial charge on any atom is 0.269 e. The number of nitro benzene ring substituents is 1. The molecule has 0 saturated heterocycles. The predicted molar refractivity (Wildman–Crippen MR) is 71.5 cm³/mol. The lowest BCUT2D eigenvalue weighted by Gasteiger charge is -2.02. The van der Waals surface area contributed by atoms with E-state index < -0.39 is 4.92 Å². The molecule has 0 saturated carbocycles. The van der Waals surface area contributed by atoms with E-state index in [0.29, 0.717) is 10.6 Å². The molecule has 6 heteroatoms. The van der Waals surface area contributed by atoms with Gasteiger partial charge < -0.3 is 0 Å². The Balaban J connectivity index is 2.19. The fourth-order valence-corrected chi connectivity index (χ4v) is 2.25. The lowest BCUT2D eigenvalue weighted by atomic mass is 10.2. The fraction of sp³-hybridized carbons (Fsp3) is 0.0769. The molecule has 0 aliphatic heterocycles. The Hall–Kier alpha value is -2.21. The van der Waals surface area contributed by atoms with Crippen LogP contribution in [0.25, 0.3) is 0 Å². The first kappa shape index (κ1) is 13.2. The van der Waals surface area contributed by atoms with Gasteiger partial charge in [-0.15, -0.1) is 0 Å². The van der Waals surface area contributed by atoms with Crippen LogP contribution >= 0.6 is 11.8 Å². The zero-order chi connectivity index (χ0) is 13.8. The molecular weight excluding hydrogens is 264 g/mol. The molecule has 0 N–H and O–H groups in total. The van der Waals surface area contributed by atoms with Gasteiger partial charge in [0.05, 0.1) is 4.92 Å². The van der Waals surface area contributed by atoms with Crippen LogP contribution in [0.1, 0.15) is 17.3 Å². The summed E-state index contributed by atoms with van der Waals surface area (Å²) in [5.74, 6) is -0.0204. The quantitative estimate of drug-likeness (QED) is 0.485. The van der Waals surface area contributed by atoms with Gasteiger partial charge in [0.25, 0.3) is 5.69 Å². The maximum absolute atomic E-state index is 11.3. The van der Waals surface area contributed by atoms with Crippen LogP contribution in [0.5, 0.6) is 0 Å². The summed E-state index contributed by atoms with van der Waals surface area (Å²) >= 11 is 1.35. The number of aromatic nitrogens is 1. The summed E-state index contributed by atoms with van der Waals surface area (Å²) in [4.78, 5) is 26.3. The van der Waals surface area contributed by atoms with Crippen molar-refractivity contribution in [3.63, 3.8) is 0 Å². The molecule has 2 aromatic rings. The van der Waals surface area contributed by atoms with E-state index in [1.807, 2.05) is 0 Å². The molecule has 96 valence electrons. The first-order chi connectivity index (χ1) is 9.06. The molecule has 2 rings (SSSR count). The van der Waals surface area contributed by atoms with E-state index in [1.165, 1.54) is 30.8 Å². The largest absolute Gasteiger partial charge is 0.295 e. The van der Waals surface area contributed by atoms with Gasteiger partial charge >= 0.3 is 0 Å². The molecule has 1 aromatic carbocycles. The molecule has 0 radical (unpaired) electrons. The number of carbonyl (C=O) groups excluding carboxylic acids is 1. The van der Waals surface area contributed by atoms with Crippen LogP contribution in [0.15, 0.2) is 52.5 Å². The van der Waals surface area contributed by atoms with Crippen molar-refractivity contribution in [1.82, 2.24) is 4.98 Å². The summed E-state index contributed by atoms with van der Waals surface area (Å²) in [7, 11) is 0. The molecule has 5 nitrogen and oxygen atoms in total. The van der Waals surface area contributed by atoms with Gasteiger partial charge in [-0.25, -0.2) is 4.98 Å². The third-order valence-electron chi connectivity index (χ3n) is 2.41. The Morgan fingerprint density at radius 3 is 2.53 bits per heavy atom. The second kappa shape index (κ2) is 5.62. The van der Waals surface area contributed by atoms with E-state index in [2.05, 4.69) is 4.98 Å². The molecule has 0 aliphatic carbocycles. The van der Waals surface area contributed by atoms with E-state index >= 15 is 0 Å². The van der Waals surface area contributed by atoms with Gasteiger partial charge in [-0.1, -0.05) is 11.8 Å². The number of rotatable bonds is 4. The highest BCUT2D eigenvalue weighted by atomic mass is 32.2. The monoisotopic (exact) mass is 274 g/mol. The Labute approximate surface area is 113 Å². The van der Waals surface area contributed by atoms with Crippen LogP contribution in [0.4, 0.5) is 5.69 Å². The van der Waals surface area contributed by atoms with Crippen molar-refractivity contribution in [3.05, 3.63) is 58.3 Å². The van der Waals surface area contributed by atoms with Crippen molar-refractivity contribution in [1.29, 1.82) is 0 Å². The SMILES string of the molecule is CC(=O)c1ccnc(Sc2ccc([N+](=O)[O-])cc2)c1. The zero-order valence-corrected chi connectivity index (χ0v) is 10.9. The molecule has 0 unspecified atom stereocenters. The smallest absolute Gasteiger partial charge is 0.269 e. The third-order valence-corrected chi connectivity index (χ3v) is 3.35. The first-order valence-electron chi connectivity index (χ1n) is 5.45. The van der Waals surface area contributed by atoms with Crippen molar-refractivity contribution in [2.75, 3.05) is 0 Å². The average molecular weight is 274 g/mol. The summed E-state index contributed by atoms with van der Waals surface area (Å²) in [6.07, 6.45) is 1.57. The standard InChI is InChI=1S/C13H10N2O3S/c1-9(16)10-6-7-14-13(8-10)19-12-4-2-11(3-5-12)15(17)18/h2-8H,1H3. The normalized spacial score (nSPS) is 10.2. The van der Waals surface area contributed by atoms with E-state index in [1.54, 1.807) is 30.5 Å². The number of hydrogen-bond donors (Lipinski definition) is 0. The lowest BCUT2D eigenvalue weighted by Crippen LogP contribution is -1.93. The van der Waals surface area contributed by atoms with Gasteiger partial charge in [0.15, 0.2) is 5.78 Å². The molecule has 0 bridgehead atoms. The van der Waals surface area contributed by atoms with Gasteiger partial charge in [-0.2, -0.15) is 0 Å². The highest BCUT2D eigenvalue weighted by Gasteiger charge is 2.06. The number of hydrogen-bond acceptors (Lipinski definition) is 5. The summed E-state index contributed by atoms with van der Waals surface area (Å²) in [5.41, 5.74) is 0.647. The van der Waals surface area contributed by atoms with E-state index in [0.717, 1.165) is 4.90 Å². The van der Waals surface area contributed by atoms with Gasteiger partial charge in [-0.3, -0.25) is 14.9 Å². The number of ketones is 1. The van der Waals surface area contributed by atoms with Gasteiger partial charge in [0.2, 0.25) is 0 Å². The zero-order valence-electron chi connectivity index (χ0n) is 10.1. The van der Waals surface area contributed by atoms with Gasteiger partial charge in [-0.05, 0) is 31.2 Å². The number of Topliss-reactive ketones (excluding diaryl/α,β-unsaturated/α-hetero) is 1. The van der Waals surface area contributed by atoms with Crippen LogP contribution in [0, 0.1) is 10.1 Å². The van der Waals surface area contributed by atoms with E-state index in [4.69, 9.17) is 0 Å². The summed E-state index contributed by atoms with van der Waals surface area (Å²) in [5, 5.41) is 11.2. The topological polar surface area (TPSA) is 73.1 Å². The third kappa shape index (κ3) is 3.38. The van der Waals surface area contributed by atoms with Crippen LogP contribution in [0.3, 0.4) is 0 Å². The van der Waals surface area contributed by atoms with Crippen molar-refractivity contribution in [2.45, 2.75) is 16.8 Å². The Kier molecular flexibility index (Phi) is 3.91. The molecule has 0 amide bonds.